The highest BCUT2D eigenvalue weighted by atomic mass is 19.1. The van der Waals surface area contributed by atoms with Gasteiger partial charge >= 0.3 is 17.7 Å². The van der Waals surface area contributed by atoms with Crippen LogP contribution < -0.4 is 20.4 Å². The Balaban J connectivity index is 1.19. The number of carbonyl (C=O) groups excluding carboxylic acids is 3. The van der Waals surface area contributed by atoms with Gasteiger partial charge in [0.2, 0.25) is 5.43 Å². The van der Waals surface area contributed by atoms with Crippen LogP contribution in [0.2, 0.25) is 0 Å². The zero-order valence-corrected chi connectivity index (χ0v) is 44.5. The molecule has 3 aromatic carbocycles. The van der Waals surface area contributed by atoms with Gasteiger partial charge in [0.15, 0.2) is 5.75 Å². The van der Waals surface area contributed by atoms with Crippen molar-refractivity contribution >= 4 is 62.9 Å². The number of carbonyl (C=O) groups is 4. The summed E-state index contributed by atoms with van der Waals surface area (Å²) in [6.45, 7) is 12.8. The van der Waals surface area contributed by atoms with Crippen molar-refractivity contribution in [3.63, 3.8) is 0 Å². The van der Waals surface area contributed by atoms with Crippen LogP contribution in [0.15, 0.2) is 64.4 Å². The van der Waals surface area contributed by atoms with Gasteiger partial charge in [-0.2, -0.15) is 5.10 Å². The van der Waals surface area contributed by atoms with E-state index in [0.29, 0.717) is 18.5 Å². The molecule has 1 saturated heterocycles. The first-order chi connectivity index (χ1) is 36.3. The molecule has 20 nitrogen and oxygen atoms in total. The summed E-state index contributed by atoms with van der Waals surface area (Å²) in [7, 11) is 3.04. The molecule has 9 rings (SSSR count). The molecule has 10 atom stereocenters. The number of nitrogens with one attached hydrogen (secondary N) is 1. The average Bonchev–Trinajstić information content (AvgIpc) is 4.18. The van der Waals surface area contributed by atoms with Crippen molar-refractivity contribution in [2.24, 2.45) is 28.8 Å². The van der Waals surface area contributed by atoms with Crippen LogP contribution in [0.4, 0.5) is 15.8 Å². The minimum Gasteiger partial charge on any atom is -0.507 e. The first kappa shape index (κ1) is 55.7. The lowest BCUT2D eigenvalue weighted by molar-refractivity contribution is -0.160. The number of hydrogen-bond donors (Lipinski definition) is 7. The van der Waals surface area contributed by atoms with E-state index < -0.39 is 129 Å². The topological polar surface area (TPSA) is 279 Å². The third-order valence-electron chi connectivity index (χ3n) is 15.7. The predicted octanol–water partition coefficient (Wildman–Crippen LogP) is 6.79. The molecule has 0 spiro atoms. The number of carboxylic acid groups (broad SMARTS) is 1. The maximum absolute atomic E-state index is 16.0. The number of hydrazone groups is 1. The molecule has 21 heteroatoms. The van der Waals surface area contributed by atoms with Crippen molar-refractivity contribution in [1.82, 2.24) is 9.58 Å². The summed E-state index contributed by atoms with van der Waals surface area (Å²) in [5.41, 5.74) is -1.50. The number of phenolic OH excluding ortho intramolecular Hbond substituents is 3. The number of aromatic hydroxyl groups is 3. The lowest BCUT2D eigenvalue weighted by atomic mass is 9.78. The van der Waals surface area contributed by atoms with Crippen molar-refractivity contribution < 1.29 is 73.2 Å². The number of aromatic carboxylic acids is 1. The second kappa shape index (κ2) is 21.5. The number of Topliss-reactive ketones (excluding diaryl/α,β-unsaturated/α-hetero) is 1. The molecule has 0 radical (unpaired) electrons. The molecule has 1 aliphatic carbocycles. The lowest BCUT2D eigenvalue weighted by Crippen LogP contribution is -2.46. The first-order valence-electron chi connectivity index (χ1n) is 25.5. The second-order valence-electron chi connectivity index (χ2n) is 21.0. The minimum atomic E-state index is -2.14. The van der Waals surface area contributed by atoms with Crippen LogP contribution in [-0.2, 0) is 23.8 Å². The number of anilines is 2. The number of hydrogen-bond acceptors (Lipinski definition) is 17. The summed E-state index contributed by atoms with van der Waals surface area (Å²) in [6.07, 6.45) is 7.60. The molecule has 4 aliphatic heterocycles. The Morgan fingerprint density at radius 3 is 2.31 bits per heavy atom. The fourth-order valence-electron chi connectivity index (χ4n) is 10.8. The molecule has 5 bridgehead atoms. The molecule has 77 heavy (non-hydrogen) atoms. The van der Waals surface area contributed by atoms with Crippen molar-refractivity contribution in [2.45, 2.75) is 117 Å². The monoisotopic (exact) mass is 1070 g/mol. The summed E-state index contributed by atoms with van der Waals surface area (Å²) in [5.74, 6) is -11.4. The van der Waals surface area contributed by atoms with Crippen LogP contribution in [0.1, 0.15) is 106 Å². The Labute approximate surface area is 443 Å². The van der Waals surface area contributed by atoms with Gasteiger partial charge in [-0.25, -0.2) is 9.18 Å². The number of ketones is 1. The van der Waals surface area contributed by atoms with E-state index in [1.54, 1.807) is 61.4 Å². The number of allylic oxidation sites excluding steroid dienone is 2. The molecule has 1 aromatic heterocycles. The van der Waals surface area contributed by atoms with E-state index in [4.69, 9.17) is 18.9 Å². The normalized spacial score (nSPS) is 28.8. The number of rotatable bonds is 8. The summed E-state index contributed by atoms with van der Waals surface area (Å²) in [5, 5.41) is 77.3. The van der Waals surface area contributed by atoms with Crippen molar-refractivity contribution in [3.8, 4) is 23.0 Å². The van der Waals surface area contributed by atoms with Crippen molar-refractivity contribution in [1.29, 1.82) is 0 Å². The predicted molar refractivity (Wildman–Crippen MR) is 283 cm³/mol. The Kier molecular flexibility index (Phi) is 15.6. The SMILES string of the molecule is CO[C@H]1/C=C/O[C@@]2(C)Oc3c(C)c(O)c4c(O)c(c(/C=N/N(C)C5CCN(c6cc7c(cc6F)c(=O)c(C(=O)O)cn7C6CC6)C5)c(O)c4c3C2=O)NC(=O)/C(C)=C\C=C\[C@@H](C)[C@H](O)[C@@H](C)[C@H](O)[C@@H](C)[C@H](OC(C)=O)[C@@H]1C. The molecule has 7 N–H and O–H groups in total. The number of aliphatic hydroxyl groups excluding tert-OH is 2. The maximum atomic E-state index is 16.0. The fraction of sp³-hybridized carbons (Fsp3) is 0.464. The summed E-state index contributed by atoms with van der Waals surface area (Å²) < 4.78 is 41.5. The highest BCUT2D eigenvalue weighted by Gasteiger charge is 2.50. The third kappa shape index (κ3) is 10.3. The van der Waals surface area contributed by atoms with Crippen LogP contribution >= 0.6 is 0 Å². The van der Waals surface area contributed by atoms with Crippen LogP contribution in [-0.4, -0.2) is 134 Å². The smallest absolute Gasteiger partial charge is 0.341 e. The molecule has 412 valence electrons. The quantitative estimate of drug-likeness (QED) is 0.0315. The maximum Gasteiger partial charge on any atom is 0.341 e. The van der Waals surface area contributed by atoms with E-state index >= 15 is 4.39 Å². The van der Waals surface area contributed by atoms with Crippen molar-refractivity contribution in [2.75, 3.05) is 37.5 Å². The van der Waals surface area contributed by atoms with Gasteiger partial charge in [0, 0.05) is 98.9 Å². The molecule has 5 aliphatic rings. The van der Waals surface area contributed by atoms with E-state index in [0.717, 1.165) is 31.4 Å². The summed E-state index contributed by atoms with van der Waals surface area (Å²) in [6, 6.07) is 2.19. The number of amides is 1. The van der Waals surface area contributed by atoms with Crippen LogP contribution in [0.5, 0.6) is 23.0 Å². The number of aromatic nitrogens is 1. The number of aliphatic hydroxyl groups is 2. The van der Waals surface area contributed by atoms with Crippen LogP contribution in [0, 0.1) is 36.4 Å². The Hall–Kier alpha value is -7.49. The number of pyridine rings is 1. The van der Waals surface area contributed by atoms with E-state index in [1.165, 1.54) is 59.2 Å². The number of ether oxygens (including phenoxy) is 4. The second-order valence-corrected chi connectivity index (χ2v) is 21.0. The fourth-order valence-corrected chi connectivity index (χ4v) is 10.8. The molecular formula is C56H66FN5O15. The zero-order chi connectivity index (χ0) is 56.3. The average molecular weight is 1070 g/mol. The van der Waals surface area contributed by atoms with E-state index in [-0.39, 0.29) is 57.1 Å². The Morgan fingerprint density at radius 1 is 0.961 bits per heavy atom. The number of likely N-dealkylation sites (N-methyl/N-ethyl adjacent to an activating group) is 1. The van der Waals surface area contributed by atoms with Gasteiger partial charge in [-0.3, -0.25) is 24.2 Å². The van der Waals surface area contributed by atoms with Gasteiger partial charge in [-0.15, -0.1) is 0 Å². The van der Waals surface area contributed by atoms with Gasteiger partial charge in [0.1, 0.15) is 34.7 Å². The molecule has 4 aromatic rings. The van der Waals surface area contributed by atoms with Gasteiger partial charge in [-0.1, -0.05) is 45.9 Å². The van der Waals surface area contributed by atoms with Crippen LogP contribution in [0.25, 0.3) is 21.7 Å². The molecule has 1 saturated carbocycles. The molecule has 1 amide bonds. The van der Waals surface area contributed by atoms with E-state index in [1.807, 2.05) is 0 Å². The number of nitrogens with zero attached hydrogens (tertiary/aromatic N) is 4. The Morgan fingerprint density at radius 2 is 1.66 bits per heavy atom. The zero-order valence-electron chi connectivity index (χ0n) is 44.5. The van der Waals surface area contributed by atoms with Gasteiger partial charge in [0.25, 0.3) is 11.7 Å². The van der Waals surface area contributed by atoms with E-state index in [2.05, 4.69) is 10.4 Å². The van der Waals surface area contributed by atoms with E-state index in [9.17, 15) is 54.6 Å². The van der Waals surface area contributed by atoms with Crippen LogP contribution in [0.3, 0.4) is 0 Å². The lowest BCUT2D eigenvalue weighted by Gasteiger charge is -2.38. The molecular weight excluding hydrogens is 1000 g/mol. The third-order valence-corrected chi connectivity index (χ3v) is 15.7. The number of esters is 1. The van der Waals surface area contributed by atoms with Gasteiger partial charge in [-0.05, 0) is 51.3 Å². The summed E-state index contributed by atoms with van der Waals surface area (Å²) in [4.78, 5) is 68.1. The molecule has 2 fully saturated rings. The highest BCUT2D eigenvalue weighted by molar-refractivity contribution is 6.24. The first-order valence-corrected chi connectivity index (χ1v) is 25.5. The number of fused-ring (bicyclic) bond motifs is 15. The Bertz CT molecular complexity index is 3260. The largest absolute Gasteiger partial charge is 0.507 e. The number of methoxy groups -OCH3 is 1. The number of benzene rings is 3. The minimum absolute atomic E-state index is 0.0165. The molecule has 5 heterocycles. The molecule has 1 unspecified atom stereocenters. The standard InChI is InChI=1S/C56H66FN5O15/c1-25-12-11-13-26(2)54(71)59-44-35(22-58-60(9)33-16-18-61(23-33)39-21-38-34(20-37(39)57)48(67)36(55(72)73)24-62(38)32-14-15-32)49(68)41-42(50(44)69)47(66)30(6)52-43(41)53(70)56(8,77-52)75-19-17-40(74-10)27(3)51(76-31(7)63)29(5)46(65)28(4)45(25)64/h11-13,17,19-22,24-25,27-29,32-33,40,45-46,51,64-66,68-69H,14-16,18,23H2,1-10H3,(H,59,71)(H,72,73)/b12-11+,19-17+,26-13-,58-22+/t25-,27-,28-,29-,33?,40+,45+,46+,51-,56+/m1/s1. The number of halogens is 1. The highest BCUT2D eigenvalue weighted by Crippen LogP contribution is 2.55. The summed E-state index contributed by atoms with van der Waals surface area (Å²) >= 11 is 0. The van der Waals surface area contributed by atoms with Gasteiger partial charge < -0.3 is 64.4 Å². The number of carboxylic acids is 1. The number of phenols is 3. The van der Waals surface area contributed by atoms with Gasteiger partial charge in [0.05, 0.1) is 70.2 Å². The van der Waals surface area contributed by atoms with Crippen molar-refractivity contribution in [3.05, 3.63) is 92.8 Å².